The molecule has 88 valence electrons. The summed E-state index contributed by atoms with van der Waals surface area (Å²) in [4.78, 5) is 14.7. The molecule has 0 atom stereocenters. The summed E-state index contributed by atoms with van der Waals surface area (Å²) in [5, 5.41) is 0. The van der Waals surface area contributed by atoms with Crippen molar-refractivity contribution in [3.8, 4) is 0 Å². The number of carbonyl (C=O) groups is 1. The molecule has 15 heavy (non-hydrogen) atoms. The minimum atomic E-state index is -2.59. The minimum Gasteiger partial charge on any atom is -0.340 e. The summed E-state index contributed by atoms with van der Waals surface area (Å²) in [7, 11) is 0. The van der Waals surface area contributed by atoms with Gasteiger partial charge >= 0.3 is 0 Å². The van der Waals surface area contributed by atoms with Crippen molar-refractivity contribution in [1.29, 1.82) is 0 Å². The molecule has 1 saturated heterocycles. The third kappa shape index (κ3) is 4.55. The van der Waals surface area contributed by atoms with E-state index in [-0.39, 0.29) is 12.3 Å². The fraction of sp³-hybridized carbons (Fsp3) is 0.900. The first-order valence-corrected chi connectivity index (χ1v) is 5.24. The smallest absolute Gasteiger partial charge is 0.246 e. The molecule has 0 bridgehead atoms. The first-order chi connectivity index (χ1) is 6.88. The molecule has 1 heterocycles. The van der Waals surface area contributed by atoms with Crippen LogP contribution in [0.1, 0.15) is 20.3 Å². The Balaban J connectivity index is 2.23. The number of hydrogen-bond acceptors (Lipinski definition) is 2. The molecule has 0 aliphatic carbocycles. The van der Waals surface area contributed by atoms with E-state index in [0.29, 0.717) is 32.7 Å². The van der Waals surface area contributed by atoms with Crippen LogP contribution in [-0.2, 0) is 4.79 Å². The van der Waals surface area contributed by atoms with Crippen molar-refractivity contribution in [2.45, 2.75) is 26.2 Å². The van der Waals surface area contributed by atoms with Crippen molar-refractivity contribution >= 4 is 5.91 Å². The van der Waals surface area contributed by atoms with Crippen molar-refractivity contribution in [3.63, 3.8) is 0 Å². The minimum absolute atomic E-state index is 0.0653. The molecule has 0 spiro atoms. The van der Waals surface area contributed by atoms with Gasteiger partial charge in [0, 0.05) is 46.1 Å². The number of halogens is 2. The van der Waals surface area contributed by atoms with E-state index < -0.39 is 5.92 Å². The van der Waals surface area contributed by atoms with Gasteiger partial charge in [0.15, 0.2) is 0 Å². The van der Waals surface area contributed by atoms with Crippen LogP contribution in [0.2, 0.25) is 0 Å². The Labute approximate surface area is 89.0 Å². The lowest BCUT2D eigenvalue weighted by atomic mass is 10.2. The summed E-state index contributed by atoms with van der Waals surface area (Å²) < 4.78 is 25.2. The molecular weight excluding hydrogens is 202 g/mol. The standard InChI is InChI=1S/C10H18F2N2O/c1-9(15)14-7-5-13(6-8-14)4-3-10(2,11)12/h3-8H2,1-2H3. The molecule has 1 rings (SSSR count). The molecule has 0 aromatic rings. The Morgan fingerprint density at radius 2 is 1.80 bits per heavy atom. The predicted octanol–water partition coefficient (Wildman–Crippen LogP) is 1.20. The zero-order valence-electron chi connectivity index (χ0n) is 9.30. The second-order valence-corrected chi connectivity index (χ2v) is 4.17. The third-order valence-corrected chi connectivity index (χ3v) is 2.68. The highest BCUT2D eigenvalue weighted by atomic mass is 19.3. The van der Waals surface area contributed by atoms with Crippen LogP contribution in [0.15, 0.2) is 0 Å². The number of rotatable bonds is 3. The first-order valence-electron chi connectivity index (χ1n) is 5.24. The second-order valence-electron chi connectivity index (χ2n) is 4.17. The van der Waals surface area contributed by atoms with E-state index in [2.05, 4.69) is 0 Å². The lowest BCUT2D eigenvalue weighted by molar-refractivity contribution is -0.130. The van der Waals surface area contributed by atoms with E-state index in [1.165, 1.54) is 6.92 Å². The average Bonchev–Trinajstić information content (AvgIpc) is 2.14. The van der Waals surface area contributed by atoms with Crippen LogP contribution in [0.5, 0.6) is 0 Å². The van der Waals surface area contributed by atoms with Crippen LogP contribution in [0.25, 0.3) is 0 Å². The molecule has 1 aliphatic heterocycles. The second kappa shape index (κ2) is 4.88. The summed E-state index contributed by atoms with van der Waals surface area (Å²) >= 11 is 0. The van der Waals surface area contributed by atoms with Crippen LogP contribution in [-0.4, -0.2) is 54.4 Å². The van der Waals surface area contributed by atoms with Crippen LogP contribution in [0.3, 0.4) is 0 Å². The fourth-order valence-corrected chi connectivity index (χ4v) is 1.64. The SMILES string of the molecule is CC(=O)N1CCN(CCC(C)(F)F)CC1. The molecule has 0 saturated carbocycles. The van der Waals surface area contributed by atoms with Gasteiger partial charge < -0.3 is 4.90 Å². The number of carbonyl (C=O) groups excluding carboxylic acids is 1. The fourth-order valence-electron chi connectivity index (χ4n) is 1.64. The number of alkyl halides is 2. The normalized spacial score (nSPS) is 19.3. The predicted molar refractivity (Wildman–Crippen MR) is 53.9 cm³/mol. The zero-order chi connectivity index (χ0) is 11.5. The first kappa shape index (κ1) is 12.4. The molecule has 3 nitrogen and oxygen atoms in total. The van der Waals surface area contributed by atoms with Gasteiger partial charge in [-0.25, -0.2) is 8.78 Å². The van der Waals surface area contributed by atoms with Crippen molar-refractivity contribution in [3.05, 3.63) is 0 Å². The Bertz CT molecular complexity index is 220. The quantitative estimate of drug-likeness (QED) is 0.713. The van der Waals surface area contributed by atoms with E-state index in [1.54, 1.807) is 4.90 Å². The number of amides is 1. The van der Waals surface area contributed by atoms with Crippen molar-refractivity contribution < 1.29 is 13.6 Å². The summed E-state index contributed by atoms with van der Waals surface area (Å²) in [6.07, 6.45) is -0.104. The molecular formula is C10H18F2N2O. The lowest BCUT2D eigenvalue weighted by Crippen LogP contribution is -2.48. The molecule has 1 amide bonds. The van der Waals surface area contributed by atoms with Crippen molar-refractivity contribution in [2.75, 3.05) is 32.7 Å². The number of piperazine rings is 1. The molecule has 0 aromatic heterocycles. The maximum atomic E-state index is 12.6. The Hall–Kier alpha value is -0.710. The molecule has 0 N–H and O–H groups in total. The highest BCUT2D eigenvalue weighted by molar-refractivity contribution is 5.73. The van der Waals surface area contributed by atoms with E-state index in [9.17, 15) is 13.6 Å². The van der Waals surface area contributed by atoms with Crippen molar-refractivity contribution in [2.24, 2.45) is 0 Å². The van der Waals surface area contributed by atoms with Gasteiger partial charge in [-0.1, -0.05) is 0 Å². The Kier molecular flexibility index (Phi) is 4.02. The monoisotopic (exact) mass is 220 g/mol. The van der Waals surface area contributed by atoms with Gasteiger partial charge in [0.25, 0.3) is 0 Å². The molecule has 0 unspecified atom stereocenters. The van der Waals surface area contributed by atoms with Gasteiger partial charge in [-0.3, -0.25) is 9.69 Å². The van der Waals surface area contributed by atoms with Gasteiger partial charge in [-0.2, -0.15) is 0 Å². The third-order valence-electron chi connectivity index (χ3n) is 2.68. The van der Waals surface area contributed by atoms with Crippen LogP contribution < -0.4 is 0 Å². The van der Waals surface area contributed by atoms with Gasteiger partial charge in [-0.05, 0) is 6.92 Å². The summed E-state index contributed by atoms with van der Waals surface area (Å²) in [5.74, 6) is -2.52. The molecule has 0 radical (unpaired) electrons. The summed E-state index contributed by atoms with van der Waals surface area (Å²) in [6.45, 7) is 5.62. The van der Waals surface area contributed by atoms with Gasteiger partial charge in [0.1, 0.15) is 0 Å². The van der Waals surface area contributed by atoms with E-state index in [1.807, 2.05) is 4.90 Å². The van der Waals surface area contributed by atoms with E-state index in [0.717, 1.165) is 6.92 Å². The Morgan fingerprint density at radius 1 is 1.27 bits per heavy atom. The van der Waals surface area contributed by atoms with Gasteiger partial charge in [0.2, 0.25) is 11.8 Å². The summed E-state index contributed by atoms with van der Waals surface area (Å²) in [5.41, 5.74) is 0. The Morgan fingerprint density at radius 3 is 2.20 bits per heavy atom. The average molecular weight is 220 g/mol. The van der Waals surface area contributed by atoms with E-state index >= 15 is 0 Å². The van der Waals surface area contributed by atoms with Crippen LogP contribution >= 0.6 is 0 Å². The van der Waals surface area contributed by atoms with Crippen molar-refractivity contribution in [1.82, 2.24) is 9.80 Å². The maximum Gasteiger partial charge on any atom is 0.246 e. The van der Waals surface area contributed by atoms with Gasteiger partial charge in [-0.15, -0.1) is 0 Å². The number of hydrogen-bond donors (Lipinski definition) is 0. The number of nitrogens with zero attached hydrogens (tertiary/aromatic N) is 2. The molecule has 5 heteroatoms. The highest BCUT2D eigenvalue weighted by Crippen LogP contribution is 2.17. The molecule has 1 fully saturated rings. The lowest BCUT2D eigenvalue weighted by Gasteiger charge is -2.34. The highest BCUT2D eigenvalue weighted by Gasteiger charge is 2.24. The molecule has 1 aliphatic rings. The largest absolute Gasteiger partial charge is 0.340 e. The summed E-state index contributed by atoms with van der Waals surface area (Å²) in [6, 6.07) is 0. The maximum absolute atomic E-state index is 12.6. The molecule has 0 aromatic carbocycles. The zero-order valence-corrected chi connectivity index (χ0v) is 9.30. The van der Waals surface area contributed by atoms with Crippen LogP contribution in [0.4, 0.5) is 8.78 Å². The van der Waals surface area contributed by atoms with Gasteiger partial charge in [0.05, 0.1) is 0 Å². The van der Waals surface area contributed by atoms with E-state index in [4.69, 9.17) is 0 Å². The van der Waals surface area contributed by atoms with Crippen LogP contribution in [0, 0.1) is 0 Å². The topological polar surface area (TPSA) is 23.6 Å².